The maximum Gasteiger partial charge on any atom is 0.119 e. The SMILES string of the molecule is COc1ccc2nccc(-n3cc4c(n3)CC[C]C4)c2c1. The molecule has 0 unspecified atom stereocenters. The van der Waals surface area contributed by atoms with E-state index in [0.29, 0.717) is 0 Å². The third-order valence-electron chi connectivity index (χ3n) is 3.90. The highest BCUT2D eigenvalue weighted by molar-refractivity contribution is 5.88. The summed E-state index contributed by atoms with van der Waals surface area (Å²) in [5.41, 5.74) is 4.43. The molecule has 2 radical (unpaired) electrons. The van der Waals surface area contributed by atoms with Gasteiger partial charge in [0.2, 0.25) is 0 Å². The fraction of sp³-hybridized carbons (Fsp3) is 0.235. The van der Waals surface area contributed by atoms with E-state index in [0.717, 1.165) is 41.6 Å². The average Bonchev–Trinajstić information content (AvgIpc) is 2.97. The van der Waals surface area contributed by atoms with E-state index in [1.54, 1.807) is 7.11 Å². The van der Waals surface area contributed by atoms with Crippen molar-refractivity contribution in [2.45, 2.75) is 19.3 Å². The fourth-order valence-electron chi connectivity index (χ4n) is 2.79. The number of hydrogen-bond donors (Lipinski definition) is 0. The van der Waals surface area contributed by atoms with Gasteiger partial charge in [0.05, 0.1) is 24.0 Å². The van der Waals surface area contributed by atoms with Crippen LogP contribution in [0, 0.1) is 6.42 Å². The molecular formula is C17H15N3O. The van der Waals surface area contributed by atoms with Crippen LogP contribution < -0.4 is 4.74 Å². The molecule has 0 saturated carbocycles. The Hall–Kier alpha value is -2.36. The molecule has 1 aliphatic rings. The van der Waals surface area contributed by atoms with Gasteiger partial charge in [-0.1, -0.05) is 0 Å². The van der Waals surface area contributed by atoms with Crippen molar-refractivity contribution >= 4 is 10.9 Å². The van der Waals surface area contributed by atoms with Crippen molar-refractivity contribution in [2.75, 3.05) is 7.11 Å². The molecule has 1 aliphatic carbocycles. The number of pyridine rings is 1. The quantitative estimate of drug-likeness (QED) is 0.723. The molecule has 104 valence electrons. The number of rotatable bonds is 2. The van der Waals surface area contributed by atoms with Crippen molar-refractivity contribution in [2.24, 2.45) is 0 Å². The van der Waals surface area contributed by atoms with Crippen LogP contribution in [-0.2, 0) is 12.8 Å². The minimum Gasteiger partial charge on any atom is -0.497 e. The Morgan fingerprint density at radius 1 is 1.29 bits per heavy atom. The van der Waals surface area contributed by atoms with Gasteiger partial charge in [-0.25, -0.2) is 4.68 Å². The predicted molar refractivity (Wildman–Crippen MR) is 80.7 cm³/mol. The van der Waals surface area contributed by atoms with Crippen molar-refractivity contribution < 1.29 is 4.74 Å². The van der Waals surface area contributed by atoms with Gasteiger partial charge in [-0.05, 0) is 55.5 Å². The molecule has 0 N–H and O–H groups in total. The van der Waals surface area contributed by atoms with Crippen molar-refractivity contribution in [3.05, 3.63) is 54.3 Å². The van der Waals surface area contributed by atoms with Crippen LogP contribution in [0.4, 0.5) is 0 Å². The second-order valence-electron chi connectivity index (χ2n) is 5.19. The van der Waals surface area contributed by atoms with Crippen LogP contribution in [0.25, 0.3) is 16.6 Å². The van der Waals surface area contributed by atoms with E-state index in [1.165, 1.54) is 11.3 Å². The minimum atomic E-state index is 0.829. The van der Waals surface area contributed by atoms with Gasteiger partial charge in [-0.3, -0.25) is 4.98 Å². The van der Waals surface area contributed by atoms with Gasteiger partial charge in [0.25, 0.3) is 0 Å². The Bertz CT molecular complexity index is 783. The number of fused-ring (bicyclic) bond motifs is 2. The summed E-state index contributed by atoms with van der Waals surface area (Å²) in [7, 11) is 1.68. The number of ether oxygens (including phenoxy) is 1. The van der Waals surface area contributed by atoms with Gasteiger partial charge in [0.15, 0.2) is 0 Å². The Balaban J connectivity index is 1.91. The normalized spacial score (nSPS) is 14.1. The summed E-state index contributed by atoms with van der Waals surface area (Å²) in [6.07, 6.45) is 10.2. The summed E-state index contributed by atoms with van der Waals surface area (Å²) in [6.45, 7) is 0. The van der Waals surface area contributed by atoms with Crippen molar-refractivity contribution in [3.8, 4) is 11.4 Å². The average molecular weight is 277 g/mol. The number of aromatic nitrogens is 3. The fourth-order valence-corrected chi connectivity index (χ4v) is 2.79. The van der Waals surface area contributed by atoms with E-state index in [-0.39, 0.29) is 0 Å². The molecule has 0 bridgehead atoms. The smallest absolute Gasteiger partial charge is 0.119 e. The molecule has 0 saturated heterocycles. The molecule has 4 nitrogen and oxygen atoms in total. The summed E-state index contributed by atoms with van der Waals surface area (Å²) in [5.74, 6) is 0.829. The van der Waals surface area contributed by atoms with Gasteiger partial charge in [0, 0.05) is 17.8 Å². The highest BCUT2D eigenvalue weighted by Crippen LogP contribution is 2.27. The number of aryl methyl sites for hydroxylation is 1. The maximum absolute atomic E-state index is 5.33. The molecule has 0 amide bonds. The largest absolute Gasteiger partial charge is 0.497 e. The molecule has 3 aromatic rings. The highest BCUT2D eigenvalue weighted by atomic mass is 16.5. The number of methoxy groups -OCH3 is 1. The lowest BCUT2D eigenvalue weighted by Crippen LogP contribution is -2.01. The third-order valence-corrected chi connectivity index (χ3v) is 3.90. The van der Waals surface area contributed by atoms with Crippen LogP contribution in [0.5, 0.6) is 5.75 Å². The topological polar surface area (TPSA) is 39.9 Å². The summed E-state index contributed by atoms with van der Waals surface area (Å²) in [6, 6.07) is 7.91. The van der Waals surface area contributed by atoms with Crippen LogP contribution in [0.3, 0.4) is 0 Å². The first-order valence-corrected chi connectivity index (χ1v) is 7.06. The third kappa shape index (κ3) is 2.07. The van der Waals surface area contributed by atoms with Crippen LogP contribution in [0.1, 0.15) is 17.7 Å². The minimum absolute atomic E-state index is 0.829. The van der Waals surface area contributed by atoms with Crippen molar-refractivity contribution in [1.82, 2.24) is 14.8 Å². The molecule has 0 spiro atoms. The zero-order chi connectivity index (χ0) is 14.2. The summed E-state index contributed by atoms with van der Waals surface area (Å²) in [4.78, 5) is 4.42. The van der Waals surface area contributed by atoms with Crippen molar-refractivity contribution in [1.29, 1.82) is 0 Å². The molecular weight excluding hydrogens is 262 g/mol. The molecule has 4 rings (SSSR count). The number of nitrogens with zero attached hydrogens (tertiary/aromatic N) is 3. The Kier molecular flexibility index (Phi) is 2.88. The van der Waals surface area contributed by atoms with E-state index < -0.39 is 0 Å². The van der Waals surface area contributed by atoms with Gasteiger partial charge in [-0.2, -0.15) is 5.10 Å². The number of benzene rings is 1. The lowest BCUT2D eigenvalue weighted by molar-refractivity contribution is 0.415. The molecule has 0 atom stereocenters. The first kappa shape index (κ1) is 12.4. The molecule has 21 heavy (non-hydrogen) atoms. The second-order valence-corrected chi connectivity index (χ2v) is 5.19. The second kappa shape index (κ2) is 4.88. The summed E-state index contributed by atoms with van der Waals surface area (Å²) >= 11 is 0. The first-order chi connectivity index (χ1) is 10.3. The van der Waals surface area contributed by atoms with Gasteiger partial charge in [-0.15, -0.1) is 0 Å². The summed E-state index contributed by atoms with van der Waals surface area (Å²) < 4.78 is 7.29. The van der Waals surface area contributed by atoms with Crippen molar-refractivity contribution in [3.63, 3.8) is 0 Å². The van der Waals surface area contributed by atoms with E-state index in [4.69, 9.17) is 9.84 Å². The molecule has 0 aliphatic heterocycles. The van der Waals surface area contributed by atoms with E-state index in [2.05, 4.69) is 17.6 Å². The van der Waals surface area contributed by atoms with Crippen LogP contribution in [0.2, 0.25) is 0 Å². The summed E-state index contributed by atoms with van der Waals surface area (Å²) in [5, 5.41) is 5.78. The zero-order valence-electron chi connectivity index (χ0n) is 11.8. The van der Waals surface area contributed by atoms with Crippen LogP contribution in [-0.4, -0.2) is 21.9 Å². The first-order valence-electron chi connectivity index (χ1n) is 7.06. The molecule has 1 aromatic carbocycles. The highest BCUT2D eigenvalue weighted by Gasteiger charge is 2.15. The standard InChI is InChI=1S/C17H15N3O/c1-21-13-6-7-16-14(10-13)17(8-9-18-16)20-11-12-4-2-3-5-15(12)19-20/h6-11H,3-5H2,1H3. The zero-order valence-corrected chi connectivity index (χ0v) is 11.8. The monoisotopic (exact) mass is 277 g/mol. The Morgan fingerprint density at radius 2 is 2.24 bits per heavy atom. The van der Waals surface area contributed by atoms with Gasteiger partial charge in [0.1, 0.15) is 5.75 Å². The Morgan fingerprint density at radius 3 is 3.10 bits per heavy atom. The lowest BCUT2D eigenvalue weighted by atomic mass is 9.99. The van der Waals surface area contributed by atoms with Gasteiger partial charge >= 0.3 is 0 Å². The number of hydrogen-bond acceptors (Lipinski definition) is 3. The molecule has 4 heteroatoms. The predicted octanol–water partition coefficient (Wildman–Crippen LogP) is 3.00. The Labute approximate surface area is 123 Å². The molecule has 0 fully saturated rings. The lowest BCUT2D eigenvalue weighted by Gasteiger charge is -2.07. The van der Waals surface area contributed by atoms with Gasteiger partial charge < -0.3 is 4.74 Å². The van der Waals surface area contributed by atoms with E-state index in [1.807, 2.05) is 35.1 Å². The van der Waals surface area contributed by atoms with Crippen LogP contribution in [0.15, 0.2) is 36.7 Å². The molecule has 2 heterocycles. The molecule has 2 aromatic heterocycles. The van der Waals surface area contributed by atoms with E-state index in [9.17, 15) is 0 Å². The van der Waals surface area contributed by atoms with E-state index >= 15 is 0 Å². The van der Waals surface area contributed by atoms with Crippen LogP contribution >= 0.6 is 0 Å². The maximum atomic E-state index is 5.33.